The summed E-state index contributed by atoms with van der Waals surface area (Å²) in [6, 6.07) is 22.0. The smallest absolute Gasteiger partial charge is 0.161 e. The van der Waals surface area contributed by atoms with E-state index in [1.807, 2.05) is 73.7 Å². The highest BCUT2D eigenvalue weighted by Gasteiger charge is 2.10. The van der Waals surface area contributed by atoms with Crippen LogP contribution < -0.4 is 10.1 Å². The maximum absolute atomic E-state index is 5.38. The number of rotatable bonds is 4. The first kappa shape index (κ1) is 17.2. The Hall–Kier alpha value is -3.93. The quantitative estimate of drug-likeness (QED) is 0.446. The van der Waals surface area contributed by atoms with Crippen molar-refractivity contribution in [3.8, 4) is 17.1 Å². The summed E-state index contributed by atoms with van der Waals surface area (Å²) in [5.41, 5.74) is 4.70. The second-order valence-electron chi connectivity index (χ2n) is 6.85. The van der Waals surface area contributed by atoms with Gasteiger partial charge in [-0.25, -0.2) is 4.98 Å². The number of ether oxygens (including phenoxy) is 1. The number of methoxy groups -OCH3 is 1. The molecule has 142 valence electrons. The highest BCUT2D eigenvalue weighted by molar-refractivity contribution is 5.96. The molecule has 0 saturated heterocycles. The van der Waals surface area contributed by atoms with Crippen LogP contribution in [0.5, 0.6) is 5.75 Å². The van der Waals surface area contributed by atoms with Gasteiger partial charge < -0.3 is 15.0 Å². The van der Waals surface area contributed by atoms with Gasteiger partial charge in [0.2, 0.25) is 0 Å². The van der Waals surface area contributed by atoms with Gasteiger partial charge in [0.05, 0.1) is 23.8 Å². The molecule has 6 nitrogen and oxygen atoms in total. The summed E-state index contributed by atoms with van der Waals surface area (Å²) in [6.45, 7) is 1.95. The topological polar surface area (TPSA) is 75.7 Å². The van der Waals surface area contributed by atoms with Crippen LogP contribution in [-0.4, -0.2) is 27.3 Å². The molecular formula is C23H19N5O. The molecule has 2 aromatic heterocycles. The minimum absolute atomic E-state index is 0.683. The molecule has 0 radical (unpaired) electrons. The molecule has 29 heavy (non-hydrogen) atoms. The third-order valence-corrected chi connectivity index (χ3v) is 4.96. The molecular weight excluding hydrogens is 362 g/mol. The fourth-order valence-corrected chi connectivity index (χ4v) is 3.44. The molecule has 0 aliphatic carbocycles. The van der Waals surface area contributed by atoms with Crippen LogP contribution in [0.15, 0.2) is 66.7 Å². The lowest BCUT2D eigenvalue weighted by Crippen LogP contribution is -1.99. The standard InChI is InChI=1S/C23H19N5O/c1-14-18-10-9-17(29-2)13-19(18)23(28-27-14)24-16-8-11-20-21(12-16)26-22(25-20)15-6-4-3-5-7-15/h3-13H,1-2H3,(H,24,28)(H,25,26). The first-order valence-electron chi connectivity index (χ1n) is 9.34. The van der Waals surface area contributed by atoms with Gasteiger partial charge in [-0.1, -0.05) is 30.3 Å². The molecule has 0 atom stereocenters. The molecule has 3 aromatic carbocycles. The van der Waals surface area contributed by atoms with Crippen LogP contribution in [0.25, 0.3) is 33.2 Å². The minimum Gasteiger partial charge on any atom is -0.497 e. The van der Waals surface area contributed by atoms with Crippen molar-refractivity contribution in [2.24, 2.45) is 0 Å². The van der Waals surface area contributed by atoms with Crippen LogP contribution in [0.4, 0.5) is 11.5 Å². The molecule has 0 aliphatic heterocycles. The molecule has 2 heterocycles. The van der Waals surface area contributed by atoms with Crippen LogP contribution in [0.2, 0.25) is 0 Å². The van der Waals surface area contributed by atoms with Crippen LogP contribution in [-0.2, 0) is 0 Å². The van der Waals surface area contributed by atoms with Crippen molar-refractivity contribution in [1.29, 1.82) is 0 Å². The maximum atomic E-state index is 5.38. The second-order valence-corrected chi connectivity index (χ2v) is 6.85. The highest BCUT2D eigenvalue weighted by Crippen LogP contribution is 2.30. The molecule has 0 aliphatic rings. The van der Waals surface area contributed by atoms with E-state index >= 15 is 0 Å². The molecule has 5 rings (SSSR count). The number of hydrogen-bond acceptors (Lipinski definition) is 5. The van der Waals surface area contributed by atoms with Crippen molar-refractivity contribution in [3.63, 3.8) is 0 Å². The molecule has 0 amide bonds. The van der Waals surface area contributed by atoms with Crippen LogP contribution in [0.1, 0.15) is 5.69 Å². The molecule has 0 bridgehead atoms. The van der Waals surface area contributed by atoms with E-state index in [2.05, 4.69) is 20.5 Å². The predicted molar refractivity (Wildman–Crippen MR) is 116 cm³/mol. The molecule has 0 spiro atoms. The Kier molecular flexibility index (Phi) is 4.09. The van der Waals surface area contributed by atoms with E-state index in [-0.39, 0.29) is 0 Å². The zero-order chi connectivity index (χ0) is 19.8. The van der Waals surface area contributed by atoms with Crippen molar-refractivity contribution >= 4 is 33.3 Å². The van der Waals surface area contributed by atoms with Gasteiger partial charge in [-0.05, 0) is 43.3 Å². The third-order valence-electron chi connectivity index (χ3n) is 4.96. The average Bonchev–Trinajstić information content (AvgIpc) is 3.19. The number of nitrogens with zero attached hydrogens (tertiary/aromatic N) is 3. The van der Waals surface area contributed by atoms with E-state index in [9.17, 15) is 0 Å². The molecule has 0 saturated carbocycles. The summed E-state index contributed by atoms with van der Waals surface area (Å²) in [4.78, 5) is 8.11. The number of hydrogen-bond donors (Lipinski definition) is 2. The van der Waals surface area contributed by atoms with Gasteiger partial charge in [0.15, 0.2) is 5.82 Å². The number of H-pyrrole nitrogens is 1. The van der Waals surface area contributed by atoms with E-state index in [0.29, 0.717) is 5.82 Å². The number of nitrogens with one attached hydrogen (secondary N) is 2. The number of imidazole rings is 1. The number of aromatic nitrogens is 4. The van der Waals surface area contributed by atoms with Crippen molar-refractivity contribution < 1.29 is 4.74 Å². The zero-order valence-corrected chi connectivity index (χ0v) is 16.1. The molecule has 0 unspecified atom stereocenters. The number of fused-ring (bicyclic) bond motifs is 2. The summed E-state index contributed by atoms with van der Waals surface area (Å²) in [5.74, 6) is 2.31. The third kappa shape index (κ3) is 3.14. The van der Waals surface area contributed by atoms with Crippen LogP contribution in [0.3, 0.4) is 0 Å². The summed E-state index contributed by atoms with van der Waals surface area (Å²) in [5, 5.41) is 14.0. The average molecular weight is 381 g/mol. The van der Waals surface area contributed by atoms with E-state index in [0.717, 1.165) is 50.3 Å². The lowest BCUT2D eigenvalue weighted by molar-refractivity contribution is 0.415. The monoisotopic (exact) mass is 381 g/mol. The summed E-state index contributed by atoms with van der Waals surface area (Å²) in [7, 11) is 1.66. The fourth-order valence-electron chi connectivity index (χ4n) is 3.44. The highest BCUT2D eigenvalue weighted by atomic mass is 16.5. The van der Waals surface area contributed by atoms with E-state index in [1.54, 1.807) is 7.11 Å². The van der Waals surface area contributed by atoms with Gasteiger partial charge >= 0.3 is 0 Å². The first-order valence-corrected chi connectivity index (χ1v) is 9.34. The molecule has 2 N–H and O–H groups in total. The number of benzene rings is 3. The van der Waals surface area contributed by atoms with Crippen molar-refractivity contribution in [2.45, 2.75) is 6.92 Å². The number of aromatic amines is 1. The zero-order valence-electron chi connectivity index (χ0n) is 16.1. The maximum Gasteiger partial charge on any atom is 0.161 e. The molecule has 6 heteroatoms. The number of anilines is 2. The van der Waals surface area contributed by atoms with E-state index in [1.165, 1.54) is 0 Å². The Morgan fingerprint density at radius 1 is 0.897 bits per heavy atom. The van der Waals surface area contributed by atoms with Crippen molar-refractivity contribution in [2.75, 3.05) is 12.4 Å². The van der Waals surface area contributed by atoms with Gasteiger partial charge in [0.25, 0.3) is 0 Å². The van der Waals surface area contributed by atoms with Gasteiger partial charge in [-0.15, -0.1) is 5.10 Å². The van der Waals surface area contributed by atoms with E-state index < -0.39 is 0 Å². The van der Waals surface area contributed by atoms with Gasteiger partial charge in [0.1, 0.15) is 11.6 Å². The Labute approximate surface area is 167 Å². The Morgan fingerprint density at radius 2 is 1.76 bits per heavy atom. The lowest BCUT2D eigenvalue weighted by Gasteiger charge is -2.10. The van der Waals surface area contributed by atoms with Gasteiger partial charge in [0, 0.05) is 22.0 Å². The lowest BCUT2D eigenvalue weighted by atomic mass is 10.1. The minimum atomic E-state index is 0.683. The summed E-state index contributed by atoms with van der Waals surface area (Å²) >= 11 is 0. The predicted octanol–water partition coefficient (Wildman–Crippen LogP) is 5.23. The van der Waals surface area contributed by atoms with Gasteiger partial charge in [-0.3, -0.25) is 0 Å². The van der Waals surface area contributed by atoms with Gasteiger partial charge in [-0.2, -0.15) is 5.10 Å². The van der Waals surface area contributed by atoms with E-state index in [4.69, 9.17) is 9.72 Å². The largest absolute Gasteiger partial charge is 0.497 e. The van der Waals surface area contributed by atoms with Crippen LogP contribution in [0, 0.1) is 6.92 Å². The second kappa shape index (κ2) is 6.91. The van der Waals surface area contributed by atoms with Crippen molar-refractivity contribution in [1.82, 2.24) is 20.2 Å². The SMILES string of the molecule is COc1ccc2c(C)nnc(Nc3ccc4[nH]c(-c5ccccc5)nc4c3)c2c1. The number of aryl methyl sites for hydroxylation is 1. The van der Waals surface area contributed by atoms with Crippen molar-refractivity contribution in [3.05, 3.63) is 72.4 Å². The fraction of sp³-hybridized carbons (Fsp3) is 0.0870. The summed E-state index contributed by atoms with van der Waals surface area (Å²) in [6.07, 6.45) is 0. The molecule has 5 aromatic rings. The Bertz CT molecular complexity index is 1330. The summed E-state index contributed by atoms with van der Waals surface area (Å²) < 4.78 is 5.38. The normalized spacial score (nSPS) is 11.1. The first-order chi connectivity index (χ1) is 14.2. The Morgan fingerprint density at radius 3 is 2.59 bits per heavy atom. The molecule has 0 fully saturated rings. The Balaban J connectivity index is 1.54. The van der Waals surface area contributed by atoms with Crippen LogP contribution >= 0.6 is 0 Å².